The van der Waals surface area contributed by atoms with Crippen LogP contribution in [0.15, 0.2) is 24.3 Å². The molecule has 0 aromatic heterocycles. The van der Waals surface area contributed by atoms with Crippen LogP contribution in [0.2, 0.25) is 0 Å². The van der Waals surface area contributed by atoms with Gasteiger partial charge in [0.15, 0.2) is 5.78 Å². The molecule has 0 bridgehead atoms. The molecule has 0 heterocycles. The first kappa shape index (κ1) is 17.7. The highest BCUT2D eigenvalue weighted by atomic mass is 19.4. The van der Waals surface area contributed by atoms with Gasteiger partial charge in [0.1, 0.15) is 0 Å². The molecule has 1 aromatic carbocycles. The van der Waals surface area contributed by atoms with Gasteiger partial charge in [-0.3, -0.25) is 9.69 Å². The van der Waals surface area contributed by atoms with E-state index in [0.29, 0.717) is 5.56 Å². The van der Waals surface area contributed by atoms with Crippen molar-refractivity contribution < 1.29 is 23.1 Å². The van der Waals surface area contributed by atoms with Crippen LogP contribution in [0, 0.1) is 0 Å². The highest BCUT2D eigenvalue weighted by Crippen LogP contribution is 2.17. The lowest BCUT2D eigenvalue weighted by atomic mass is 10.1. The third-order valence-corrected chi connectivity index (χ3v) is 3.00. The molecule has 0 saturated heterocycles. The summed E-state index contributed by atoms with van der Waals surface area (Å²) >= 11 is 0. The van der Waals surface area contributed by atoms with Gasteiger partial charge >= 0.3 is 6.18 Å². The van der Waals surface area contributed by atoms with Gasteiger partial charge in [-0.25, -0.2) is 0 Å². The SMILES string of the molecule is CCCc1ccc(C(=O)CN(CCO)CC(F)(F)F)cc1. The highest BCUT2D eigenvalue weighted by molar-refractivity contribution is 5.97. The van der Waals surface area contributed by atoms with E-state index in [9.17, 15) is 18.0 Å². The number of ketones is 1. The zero-order valence-electron chi connectivity index (χ0n) is 12.0. The number of carbonyl (C=O) groups excluding carboxylic acids is 1. The summed E-state index contributed by atoms with van der Waals surface area (Å²) in [5.74, 6) is -0.379. The molecule has 0 aliphatic heterocycles. The van der Waals surface area contributed by atoms with Gasteiger partial charge in [-0.2, -0.15) is 13.2 Å². The maximum absolute atomic E-state index is 12.4. The predicted molar refractivity (Wildman–Crippen MR) is 74.3 cm³/mol. The molecule has 0 saturated carbocycles. The second kappa shape index (κ2) is 8.14. The highest BCUT2D eigenvalue weighted by Gasteiger charge is 2.31. The predicted octanol–water partition coefficient (Wildman–Crippen LogP) is 2.68. The normalized spacial score (nSPS) is 11.9. The molecule has 1 N–H and O–H groups in total. The number of Topliss-reactive ketones (excluding diaryl/α,β-unsaturated/α-hetero) is 1. The van der Waals surface area contributed by atoms with Crippen LogP contribution in [0.1, 0.15) is 29.3 Å². The molecule has 0 aliphatic carbocycles. The number of rotatable bonds is 8. The number of hydrogen-bond acceptors (Lipinski definition) is 3. The van der Waals surface area contributed by atoms with Crippen LogP contribution >= 0.6 is 0 Å². The Morgan fingerprint density at radius 2 is 1.86 bits per heavy atom. The van der Waals surface area contributed by atoms with Crippen molar-refractivity contribution in [3.05, 3.63) is 35.4 Å². The van der Waals surface area contributed by atoms with Crippen LogP contribution in [0.4, 0.5) is 13.2 Å². The van der Waals surface area contributed by atoms with E-state index in [0.717, 1.165) is 23.3 Å². The van der Waals surface area contributed by atoms with Gasteiger partial charge in [0, 0.05) is 12.1 Å². The number of halogens is 3. The molecule has 21 heavy (non-hydrogen) atoms. The van der Waals surface area contributed by atoms with Gasteiger partial charge in [-0.05, 0) is 12.0 Å². The Morgan fingerprint density at radius 1 is 1.24 bits per heavy atom. The van der Waals surface area contributed by atoms with Crippen LogP contribution < -0.4 is 0 Å². The molecular weight excluding hydrogens is 283 g/mol. The summed E-state index contributed by atoms with van der Waals surface area (Å²) in [5.41, 5.74) is 1.48. The minimum Gasteiger partial charge on any atom is -0.395 e. The van der Waals surface area contributed by atoms with E-state index in [1.54, 1.807) is 12.1 Å². The fraction of sp³-hybridized carbons (Fsp3) is 0.533. The van der Waals surface area contributed by atoms with Crippen LogP contribution in [0.25, 0.3) is 0 Å². The Hall–Kier alpha value is -1.40. The summed E-state index contributed by atoms with van der Waals surface area (Å²) in [7, 11) is 0. The summed E-state index contributed by atoms with van der Waals surface area (Å²) in [6, 6.07) is 6.91. The van der Waals surface area contributed by atoms with Crippen molar-refractivity contribution >= 4 is 5.78 Å². The molecule has 118 valence electrons. The Kier molecular flexibility index (Phi) is 6.84. The smallest absolute Gasteiger partial charge is 0.395 e. The van der Waals surface area contributed by atoms with Crippen molar-refractivity contribution in [3.8, 4) is 0 Å². The molecule has 0 unspecified atom stereocenters. The van der Waals surface area contributed by atoms with Crippen LogP contribution in [0.3, 0.4) is 0 Å². The number of alkyl halides is 3. The lowest BCUT2D eigenvalue weighted by molar-refractivity contribution is -0.145. The zero-order valence-corrected chi connectivity index (χ0v) is 12.0. The van der Waals surface area contributed by atoms with Gasteiger partial charge in [0.25, 0.3) is 0 Å². The Balaban J connectivity index is 2.67. The fourth-order valence-corrected chi connectivity index (χ4v) is 2.05. The van der Waals surface area contributed by atoms with E-state index in [4.69, 9.17) is 5.11 Å². The molecule has 0 fully saturated rings. The minimum absolute atomic E-state index is 0.181. The second-order valence-electron chi connectivity index (χ2n) is 4.92. The standard InChI is InChI=1S/C15H20F3NO2/c1-2-3-12-4-6-13(7-5-12)14(21)10-19(8-9-20)11-15(16,17)18/h4-7,20H,2-3,8-11H2,1H3. The van der Waals surface area contributed by atoms with Crippen LogP contribution in [0.5, 0.6) is 0 Å². The largest absolute Gasteiger partial charge is 0.401 e. The van der Waals surface area contributed by atoms with Gasteiger partial charge in [0.05, 0.1) is 19.7 Å². The number of nitrogens with zero attached hydrogens (tertiary/aromatic N) is 1. The molecule has 6 heteroatoms. The molecule has 1 rings (SSSR count). The Morgan fingerprint density at radius 3 is 2.33 bits per heavy atom. The molecule has 3 nitrogen and oxygen atoms in total. The van der Waals surface area contributed by atoms with Crippen molar-refractivity contribution in [3.63, 3.8) is 0 Å². The number of aliphatic hydroxyl groups excluding tert-OH is 1. The van der Waals surface area contributed by atoms with Crippen molar-refractivity contribution in [1.29, 1.82) is 0 Å². The first-order chi connectivity index (χ1) is 9.85. The first-order valence-corrected chi connectivity index (χ1v) is 6.88. The number of benzene rings is 1. The molecule has 0 radical (unpaired) electrons. The average molecular weight is 303 g/mol. The van der Waals surface area contributed by atoms with Gasteiger partial charge in [0.2, 0.25) is 0 Å². The molecule has 0 atom stereocenters. The van der Waals surface area contributed by atoms with Gasteiger partial charge in [-0.1, -0.05) is 37.6 Å². The number of hydrogen-bond donors (Lipinski definition) is 1. The third-order valence-electron chi connectivity index (χ3n) is 3.00. The van der Waals surface area contributed by atoms with E-state index < -0.39 is 19.3 Å². The summed E-state index contributed by atoms with van der Waals surface area (Å²) in [6.07, 6.45) is -2.50. The summed E-state index contributed by atoms with van der Waals surface area (Å²) < 4.78 is 37.2. The third kappa shape index (κ3) is 6.73. The molecular formula is C15H20F3NO2. The number of carbonyl (C=O) groups is 1. The van der Waals surface area contributed by atoms with Crippen molar-refractivity contribution in [2.75, 3.05) is 26.2 Å². The van der Waals surface area contributed by atoms with E-state index in [1.807, 2.05) is 19.1 Å². The maximum Gasteiger partial charge on any atom is 0.401 e. The summed E-state index contributed by atoms with van der Waals surface area (Å²) in [5, 5.41) is 8.79. The maximum atomic E-state index is 12.4. The van der Waals surface area contributed by atoms with Crippen molar-refractivity contribution in [2.45, 2.75) is 25.9 Å². The zero-order chi connectivity index (χ0) is 15.9. The van der Waals surface area contributed by atoms with E-state index in [2.05, 4.69) is 0 Å². The van der Waals surface area contributed by atoms with Crippen LogP contribution in [-0.4, -0.2) is 48.2 Å². The first-order valence-electron chi connectivity index (χ1n) is 6.88. The van der Waals surface area contributed by atoms with E-state index >= 15 is 0 Å². The number of aryl methyl sites for hydroxylation is 1. The quantitative estimate of drug-likeness (QED) is 0.751. The van der Waals surface area contributed by atoms with Crippen molar-refractivity contribution in [1.82, 2.24) is 4.90 Å². The number of aliphatic hydroxyl groups is 1. The summed E-state index contributed by atoms with van der Waals surface area (Å²) in [4.78, 5) is 12.9. The molecule has 0 aliphatic rings. The van der Waals surface area contributed by atoms with Gasteiger partial charge in [-0.15, -0.1) is 0 Å². The van der Waals surface area contributed by atoms with Crippen LogP contribution in [-0.2, 0) is 6.42 Å². The average Bonchev–Trinajstić information content (AvgIpc) is 2.38. The fourth-order valence-electron chi connectivity index (χ4n) is 2.05. The Labute approximate surface area is 122 Å². The second-order valence-corrected chi connectivity index (χ2v) is 4.92. The van der Waals surface area contributed by atoms with E-state index in [1.165, 1.54) is 0 Å². The monoisotopic (exact) mass is 303 g/mol. The van der Waals surface area contributed by atoms with Gasteiger partial charge < -0.3 is 5.11 Å². The lowest BCUT2D eigenvalue weighted by Crippen LogP contribution is -2.39. The summed E-state index contributed by atoms with van der Waals surface area (Å²) in [6.45, 7) is -0.110. The minimum atomic E-state index is -4.39. The van der Waals surface area contributed by atoms with Crippen molar-refractivity contribution in [2.24, 2.45) is 0 Å². The Bertz CT molecular complexity index is 443. The molecule has 0 amide bonds. The molecule has 1 aromatic rings. The lowest BCUT2D eigenvalue weighted by Gasteiger charge is -2.21. The topological polar surface area (TPSA) is 40.5 Å². The van der Waals surface area contributed by atoms with E-state index in [-0.39, 0.29) is 18.9 Å². The molecule has 0 spiro atoms.